The molecule has 0 aromatic heterocycles. The van der Waals surface area contributed by atoms with E-state index in [4.69, 9.17) is 17.3 Å². The average Bonchev–Trinajstić information content (AvgIpc) is 2.21. The van der Waals surface area contributed by atoms with Gasteiger partial charge in [0.25, 0.3) is 5.91 Å². The smallest absolute Gasteiger partial charge is 0.254 e. The fraction of sp³-hybridized carbons (Fsp3) is 0.200. The molecule has 3 N–H and O–H groups in total. The lowest BCUT2D eigenvalue weighted by Gasteiger charge is -2.06. The second-order valence-electron chi connectivity index (χ2n) is 3.07. The van der Waals surface area contributed by atoms with E-state index in [-0.39, 0.29) is 17.1 Å². The van der Waals surface area contributed by atoms with Crippen LogP contribution in [0.15, 0.2) is 18.2 Å². The van der Waals surface area contributed by atoms with E-state index < -0.39 is 11.7 Å². The van der Waals surface area contributed by atoms with Crippen molar-refractivity contribution in [2.45, 2.75) is 6.42 Å². The van der Waals surface area contributed by atoms with Crippen molar-refractivity contribution in [3.8, 4) is 0 Å². The van der Waals surface area contributed by atoms with Gasteiger partial charge in [-0.3, -0.25) is 4.79 Å². The van der Waals surface area contributed by atoms with Crippen molar-refractivity contribution in [2.24, 2.45) is 5.73 Å². The molecular weight excluding hydrogens is 251 g/mol. The summed E-state index contributed by atoms with van der Waals surface area (Å²) in [6.07, 6.45) is 0.378. The number of carbonyl (C=O) groups excluding carboxylic acids is 1. The molecule has 0 atom stereocenters. The summed E-state index contributed by atoms with van der Waals surface area (Å²) in [7, 11) is 0. The summed E-state index contributed by atoms with van der Waals surface area (Å²) in [5, 5.41) is 2.41. The SMILES string of the molecule is NC(=S)CCNC(=O)c1cccc(Cl)c1F. The highest BCUT2D eigenvalue weighted by molar-refractivity contribution is 7.80. The van der Waals surface area contributed by atoms with E-state index in [2.05, 4.69) is 17.5 Å². The Kier molecular flexibility index (Phi) is 4.64. The molecule has 0 aliphatic carbocycles. The predicted octanol–water partition coefficient (Wildman–Crippen LogP) is 1.89. The number of benzene rings is 1. The van der Waals surface area contributed by atoms with Gasteiger partial charge in [0.15, 0.2) is 5.82 Å². The highest BCUT2D eigenvalue weighted by Gasteiger charge is 2.13. The van der Waals surface area contributed by atoms with Crippen LogP contribution < -0.4 is 11.1 Å². The van der Waals surface area contributed by atoms with Crippen LogP contribution in [0.4, 0.5) is 4.39 Å². The highest BCUT2D eigenvalue weighted by atomic mass is 35.5. The number of hydrogen-bond donors (Lipinski definition) is 2. The zero-order chi connectivity index (χ0) is 12.1. The lowest BCUT2D eigenvalue weighted by molar-refractivity contribution is 0.0951. The summed E-state index contributed by atoms with van der Waals surface area (Å²) in [5.74, 6) is -1.26. The molecule has 0 radical (unpaired) electrons. The maximum absolute atomic E-state index is 13.4. The number of halogens is 2. The molecule has 0 aliphatic rings. The predicted molar refractivity (Wildman–Crippen MR) is 65.1 cm³/mol. The average molecular weight is 261 g/mol. The Bertz CT molecular complexity index is 425. The van der Waals surface area contributed by atoms with Crippen molar-refractivity contribution in [3.05, 3.63) is 34.6 Å². The lowest BCUT2D eigenvalue weighted by Crippen LogP contribution is -2.28. The van der Waals surface area contributed by atoms with Crippen molar-refractivity contribution in [1.82, 2.24) is 5.32 Å². The van der Waals surface area contributed by atoms with Crippen molar-refractivity contribution in [2.75, 3.05) is 6.54 Å². The van der Waals surface area contributed by atoms with Crippen LogP contribution in [0.25, 0.3) is 0 Å². The van der Waals surface area contributed by atoms with Crippen molar-refractivity contribution in [1.29, 1.82) is 0 Å². The molecule has 0 heterocycles. The molecule has 1 aromatic rings. The third-order valence-electron chi connectivity index (χ3n) is 1.85. The first-order valence-electron chi connectivity index (χ1n) is 4.53. The molecule has 0 bridgehead atoms. The van der Waals surface area contributed by atoms with Gasteiger partial charge in [0.1, 0.15) is 0 Å². The van der Waals surface area contributed by atoms with Gasteiger partial charge in [0.05, 0.1) is 15.6 Å². The van der Waals surface area contributed by atoms with Gasteiger partial charge in [0.2, 0.25) is 0 Å². The van der Waals surface area contributed by atoms with Gasteiger partial charge in [-0.2, -0.15) is 0 Å². The third-order valence-corrected chi connectivity index (χ3v) is 2.35. The van der Waals surface area contributed by atoms with Crippen molar-refractivity contribution in [3.63, 3.8) is 0 Å². The van der Waals surface area contributed by atoms with Crippen LogP contribution in [0.1, 0.15) is 16.8 Å². The molecule has 0 saturated carbocycles. The van der Waals surface area contributed by atoms with Gasteiger partial charge in [-0.15, -0.1) is 0 Å². The molecule has 1 amide bonds. The second-order valence-corrected chi connectivity index (χ2v) is 4.01. The fourth-order valence-electron chi connectivity index (χ4n) is 1.07. The highest BCUT2D eigenvalue weighted by Crippen LogP contribution is 2.17. The number of carbonyl (C=O) groups is 1. The quantitative estimate of drug-likeness (QED) is 0.813. The summed E-state index contributed by atoms with van der Waals surface area (Å²) >= 11 is 10.2. The number of amides is 1. The zero-order valence-electron chi connectivity index (χ0n) is 8.30. The van der Waals surface area contributed by atoms with E-state index in [1.807, 2.05) is 0 Å². The van der Waals surface area contributed by atoms with Crippen LogP contribution in [0.5, 0.6) is 0 Å². The van der Waals surface area contributed by atoms with Gasteiger partial charge in [-0.25, -0.2) is 4.39 Å². The summed E-state index contributed by atoms with van der Waals surface area (Å²) < 4.78 is 13.4. The molecule has 0 saturated heterocycles. The minimum Gasteiger partial charge on any atom is -0.393 e. The molecule has 0 aliphatic heterocycles. The van der Waals surface area contributed by atoms with E-state index in [0.717, 1.165) is 0 Å². The van der Waals surface area contributed by atoms with Crippen LogP contribution in [-0.2, 0) is 0 Å². The first-order chi connectivity index (χ1) is 7.52. The van der Waals surface area contributed by atoms with Crippen LogP contribution in [0.3, 0.4) is 0 Å². The summed E-state index contributed by atoms with van der Waals surface area (Å²) in [4.78, 5) is 11.8. The van der Waals surface area contributed by atoms with Gasteiger partial charge in [-0.05, 0) is 12.1 Å². The van der Waals surface area contributed by atoms with Gasteiger partial charge < -0.3 is 11.1 Å². The minimum absolute atomic E-state index is 0.0815. The number of thiocarbonyl (C=S) groups is 1. The molecule has 0 fully saturated rings. The van der Waals surface area contributed by atoms with E-state index in [9.17, 15) is 9.18 Å². The number of nitrogens with two attached hydrogens (primary N) is 1. The van der Waals surface area contributed by atoms with E-state index in [0.29, 0.717) is 11.4 Å². The van der Waals surface area contributed by atoms with Crippen LogP contribution in [0, 0.1) is 5.82 Å². The number of hydrogen-bond acceptors (Lipinski definition) is 2. The normalized spacial score (nSPS) is 9.88. The minimum atomic E-state index is -0.725. The van der Waals surface area contributed by atoms with Crippen LogP contribution in [-0.4, -0.2) is 17.4 Å². The van der Waals surface area contributed by atoms with Crippen LogP contribution in [0.2, 0.25) is 5.02 Å². The fourth-order valence-corrected chi connectivity index (χ4v) is 1.35. The molecular formula is C10H10ClFN2OS. The van der Waals surface area contributed by atoms with Crippen molar-refractivity contribution < 1.29 is 9.18 Å². The Hall–Kier alpha value is -1.20. The Labute approximate surface area is 103 Å². The molecule has 1 rings (SSSR count). The van der Waals surface area contributed by atoms with Gasteiger partial charge in [0, 0.05) is 13.0 Å². The second kappa shape index (κ2) is 5.77. The summed E-state index contributed by atoms with van der Waals surface area (Å²) in [6.45, 7) is 0.278. The first-order valence-corrected chi connectivity index (χ1v) is 5.31. The van der Waals surface area contributed by atoms with E-state index in [1.54, 1.807) is 0 Å². The van der Waals surface area contributed by atoms with Gasteiger partial charge in [-0.1, -0.05) is 29.9 Å². The molecule has 0 unspecified atom stereocenters. The Balaban J connectivity index is 2.66. The first kappa shape index (κ1) is 12.9. The molecule has 6 heteroatoms. The number of nitrogens with one attached hydrogen (secondary N) is 1. The van der Waals surface area contributed by atoms with E-state index in [1.165, 1.54) is 18.2 Å². The maximum atomic E-state index is 13.4. The Morgan fingerprint density at radius 3 is 2.88 bits per heavy atom. The maximum Gasteiger partial charge on any atom is 0.254 e. The Morgan fingerprint density at radius 1 is 1.56 bits per heavy atom. The summed E-state index contributed by atoms with van der Waals surface area (Å²) in [5.41, 5.74) is 5.17. The third kappa shape index (κ3) is 3.43. The standard InChI is InChI=1S/C10H10ClFN2OS/c11-7-3-1-2-6(9(7)12)10(15)14-5-4-8(13)16/h1-3H,4-5H2,(H2,13,16)(H,14,15). The van der Waals surface area contributed by atoms with Crippen molar-refractivity contribution >= 4 is 34.7 Å². The zero-order valence-corrected chi connectivity index (χ0v) is 9.87. The monoisotopic (exact) mass is 260 g/mol. The molecule has 0 spiro atoms. The van der Waals surface area contributed by atoms with Crippen LogP contribution >= 0.6 is 23.8 Å². The molecule has 1 aromatic carbocycles. The lowest BCUT2D eigenvalue weighted by atomic mass is 10.2. The molecule has 3 nitrogen and oxygen atoms in total. The Morgan fingerprint density at radius 2 is 2.25 bits per heavy atom. The number of rotatable bonds is 4. The van der Waals surface area contributed by atoms with E-state index >= 15 is 0 Å². The molecule has 86 valence electrons. The molecule has 16 heavy (non-hydrogen) atoms. The summed E-state index contributed by atoms with van der Waals surface area (Å²) in [6, 6.07) is 4.24. The van der Waals surface area contributed by atoms with Gasteiger partial charge >= 0.3 is 0 Å². The largest absolute Gasteiger partial charge is 0.393 e. The topological polar surface area (TPSA) is 55.1 Å².